The Labute approximate surface area is 134 Å². The van der Waals surface area contributed by atoms with E-state index in [1.54, 1.807) is 41.1 Å². The number of hydrogen-bond acceptors (Lipinski definition) is 3. The van der Waals surface area contributed by atoms with Crippen LogP contribution in [0.15, 0.2) is 47.4 Å². The average Bonchev–Trinajstić information content (AvgIpc) is 2.81. The summed E-state index contributed by atoms with van der Waals surface area (Å²) in [5.41, 5.74) is 1.45. The lowest BCUT2D eigenvalue weighted by molar-refractivity contribution is 0.0656. The summed E-state index contributed by atoms with van der Waals surface area (Å²) in [6.07, 6.45) is 3.01. The number of amides is 2. The third-order valence-electron chi connectivity index (χ3n) is 4.05. The summed E-state index contributed by atoms with van der Waals surface area (Å²) in [4.78, 5) is 38.2. The molecule has 0 bridgehead atoms. The second-order valence-electron chi connectivity index (χ2n) is 5.59. The van der Waals surface area contributed by atoms with Crippen molar-refractivity contribution in [3.8, 4) is 0 Å². The first-order valence-electron chi connectivity index (χ1n) is 7.77. The molecule has 0 saturated carbocycles. The Balaban J connectivity index is 1.78. The van der Waals surface area contributed by atoms with Crippen LogP contribution >= 0.6 is 0 Å². The second-order valence-corrected chi connectivity index (χ2v) is 5.59. The molecule has 0 aliphatic carbocycles. The maximum Gasteiger partial charge on any atom is 0.261 e. The van der Waals surface area contributed by atoms with Gasteiger partial charge in [0.1, 0.15) is 0 Å². The number of aromatic nitrogens is 1. The molecule has 5 heteroatoms. The van der Waals surface area contributed by atoms with E-state index in [-0.39, 0.29) is 23.9 Å². The maximum absolute atomic E-state index is 12.3. The molecule has 0 spiro atoms. The van der Waals surface area contributed by atoms with Crippen LogP contribution in [0.25, 0.3) is 0 Å². The van der Waals surface area contributed by atoms with Crippen LogP contribution in [0.5, 0.6) is 0 Å². The van der Waals surface area contributed by atoms with Gasteiger partial charge >= 0.3 is 0 Å². The number of nitrogens with zero attached hydrogens (tertiary/aromatic N) is 2. The highest BCUT2D eigenvalue weighted by Gasteiger charge is 2.34. The number of aryl methyl sites for hydroxylation is 1. The molecule has 0 fully saturated rings. The van der Waals surface area contributed by atoms with Gasteiger partial charge in [-0.05, 0) is 31.0 Å². The van der Waals surface area contributed by atoms with Crippen LogP contribution in [-0.2, 0) is 13.0 Å². The van der Waals surface area contributed by atoms with E-state index < -0.39 is 0 Å². The summed E-state index contributed by atoms with van der Waals surface area (Å²) in [6, 6.07) is 10.4. The molecule has 1 aromatic heterocycles. The van der Waals surface area contributed by atoms with E-state index >= 15 is 0 Å². The van der Waals surface area contributed by atoms with Crippen molar-refractivity contribution in [3.63, 3.8) is 0 Å². The van der Waals surface area contributed by atoms with E-state index in [2.05, 4.69) is 0 Å². The maximum atomic E-state index is 12.3. The predicted molar refractivity (Wildman–Crippen MR) is 86.5 cm³/mol. The zero-order chi connectivity index (χ0) is 16.4. The summed E-state index contributed by atoms with van der Waals surface area (Å²) < 4.78 is 1.66. The van der Waals surface area contributed by atoms with Gasteiger partial charge < -0.3 is 4.57 Å². The molecule has 1 aliphatic rings. The van der Waals surface area contributed by atoms with E-state index in [4.69, 9.17) is 0 Å². The predicted octanol–water partition coefficient (Wildman–Crippen LogP) is 2.10. The number of carbonyl (C=O) groups excluding carboxylic acids is 2. The van der Waals surface area contributed by atoms with Gasteiger partial charge in [0.05, 0.1) is 11.1 Å². The van der Waals surface area contributed by atoms with Crippen LogP contribution in [-0.4, -0.2) is 27.8 Å². The highest BCUT2D eigenvalue weighted by molar-refractivity contribution is 6.21. The van der Waals surface area contributed by atoms with Crippen molar-refractivity contribution in [1.29, 1.82) is 0 Å². The van der Waals surface area contributed by atoms with Crippen LogP contribution in [0.1, 0.15) is 39.6 Å². The zero-order valence-electron chi connectivity index (χ0n) is 13.0. The molecule has 3 rings (SSSR count). The Morgan fingerprint density at radius 1 is 0.870 bits per heavy atom. The molecule has 0 unspecified atom stereocenters. The number of fused-ring (bicyclic) bond motifs is 1. The van der Waals surface area contributed by atoms with Gasteiger partial charge in [-0.3, -0.25) is 19.3 Å². The number of rotatable bonds is 5. The van der Waals surface area contributed by atoms with Crippen molar-refractivity contribution < 1.29 is 9.59 Å². The fraction of sp³-hybridized carbons (Fsp3) is 0.278. The Morgan fingerprint density at radius 3 is 2.13 bits per heavy atom. The van der Waals surface area contributed by atoms with Gasteiger partial charge in [-0.15, -0.1) is 0 Å². The van der Waals surface area contributed by atoms with Gasteiger partial charge in [-0.2, -0.15) is 0 Å². The number of carbonyl (C=O) groups is 2. The number of pyridine rings is 1. The smallest absolute Gasteiger partial charge is 0.261 e. The minimum absolute atomic E-state index is 0.0500. The first-order chi connectivity index (χ1) is 11.1. The first kappa shape index (κ1) is 15.2. The zero-order valence-corrected chi connectivity index (χ0v) is 13.0. The van der Waals surface area contributed by atoms with E-state index in [0.717, 1.165) is 6.42 Å². The summed E-state index contributed by atoms with van der Waals surface area (Å²) in [5.74, 6) is -0.564. The second kappa shape index (κ2) is 6.20. The minimum Gasteiger partial charge on any atom is -0.315 e. The highest BCUT2D eigenvalue weighted by atomic mass is 16.2. The lowest BCUT2D eigenvalue weighted by Crippen LogP contribution is -2.33. The largest absolute Gasteiger partial charge is 0.315 e. The molecule has 1 aliphatic heterocycles. The number of hydrogen-bond donors (Lipinski definition) is 0. The molecule has 0 saturated heterocycles. The van der Waals surface area contributed by atoms with E-state index in [0.29, 0.717) is 29.7 Å². The van der Waals surface area contributed by atoms with Crippen LogP contribution in [0.3, 0.4) is 0 Å². The van der Waals surface area contributed by atoms with E-state index in [1.807, 2.05) is 13.0 Å². The topological polar surface area (TPSA) is 59.4 Å². The monoisotopic (exact) mass is 310 g/mol. The van der Waals surface area contributed by atoms with E-state index in [9.17, 15) is 14.4 Å². The number of imide groups is 1. The summed E-state index contributed by atoms with van der Waals surface area (Å²) in [6.45, 7) is 2.90. The van der Waals surface area contributed by atoms with Crippen LogP contribution in [0.2, 0.25) is 0 Å². The minimum atomic E-state index is -0.282. The van der Waals surface area contributed by atoms with Crippen LogP contribution in [0, 0.1) is 0 Å². The molecule has 0 radical (unpaired) electrons. The molecular weight excluding hydrogens is 292 g/mol. The van der Waals surface area contributed by atoms with E-state index in [1.165, 1.54) is 4.90 Å². The molecule has 2 heterocycles. The fourth-order valence-corrected chi connectivity index (χ4v) is 2.87. The Bertz CT molecular complexity index is 788. The standard InChI is InChI=1S/C18H18N2O3/c1-2-10-19-11-5-6-13(16(19)21)9-12-20-17(22)14-7-3-4-8-15(14)18(20)23/h3-8,11H,2,9-10,12H2,1H3. The molecule has 0 atom stereocenters. The molecular formula is C18H18N2O3. The van der Waals surface area contributed by atoms with Crippen molar-refractivity contribution in [2.45, 2.75) is 26.3 Å². The molecule has 0 N–H and O–H groups in total. The SMILES string of the molecule is CCCn1cccc(CCN2C(=O)c3ccccc3C2=O)c1=O. The van der Waals surface area contributed by atoms with Crippen molar-refractivity contribution in [3.05, 3.63) is 69.6 Å². The lowest BCUT2D eigenvalue weighted by Gasteiger charge is -2.14. The molecule has 1 aromatic carbocycles. The third-order valence-corrected chi connectivity index (χ3v) is 4.05. The molecule has 2 amide bonds. The Kier molecular flexibility index (Phi) is 4.10. The molecule has 5 nitrogen and oxygen atoms in total. The van der Waals surface area contributed by atoms with Gasteiger partial charge in [-0.1, -0.05) is 25.1 Å². The summed E-state index contributed by atoms with van der Waals surface area (Å²) >= 11 is 0. The summed E-state index contributed by atoms with van der Waals surface area (Å²) in [5, 5.41) is 0. The van der Waals surface area contributed by atoms with Gasteiger partial charge in [-0.25, -0.2) is 0 Å². The normalized spacial score (nSPS) is 13.5. The van der Waals surface area contributed by atoms with Crippen LogP contribution < -0.4 is 5.56 Å². The lowest BCUT2D eigenvalue weighted by atomic mass is 10.1. The molecule has 2 aromatic rings. The van der Waals surface area contributed by atoms with Crippen molar-refractivity contribution >= 4 is 11.8 Å². The van der Waals surface area contributed by atoms with Gasteiger partial charge in [0.15, 0.2) is 0 Å². The Morgan fingerprint density at radius 2 is 1.52 bits per heavy atom. The third kappa shape index (κ3) is 2.70. The van der Waals surface area contributed by atoms with Gasteiger partial charge in [0.2, 0.25) is 0 Å². The summed E-state index contributed by atoms with van der Waals surface area (Å²) in [7, 11) is 0. The fourth-order valence-electron chi connectivity index (χ4n) is 2.87. The Hall–Kier alpha value is -2.69. The molecule has 118 valence electrons. The molecule has 23 heavy (non-hydrogen) atoms. The van der Waals surface area contributed by atoms with Crippen molar-refractivity contribution in [1.82, 2.24) is 9.47 Å². The first-order valence-corrected chi connectivity index (χ1v) is 7.77. The van der Waals surface area contributed by atoms with Crippen LogP contribution in [0.4, 0.5) is 0 Å². The van der Waals surface area contributed by atoms with Gasteiger partial charge in [0, 0.05) is 24.8 Å². The average molecular weight is 310 g/mol. The quantitative estimate of drug-likeness (QED) is 0.795. The number of benzene rings is 1. The van der Waals surface area contributed by atoms with Crippen molar-refractivity contribution in [2.24, 2.45) is 0 Å². The van der Waals surface area contributed by atoms with Crippen molar-refractivity contribution in [2.75, 3.05) is 6.54 Å². The highest BCUT2D eigenvalue weighted by Crippen LogP contribution is 2.22. The van der Waals surface area contributed by atoms with Gasteiger partial charge in [0.25, 0.3) is 17.4 Å².